The number of hydrogen-bond donors (Lipinski definition) is 3. The van der Waals surface area contributed by atoms with E-state index in [0.29, 0.717) is 61.0 Å². The minimum Gasteiger partial charge on any atom is -0.497 e. The van der Waals surface area contributed by atoms with Gasteiger partial charge in [0.1, 0.15) is 17.2 Å². The third-order valence-corrected chi connectivity index (χ3v) is 7.02. The summed E-state index contributed by atoms with van der Waals surface area (Å²) in [6, 6.07) is 19.9. The van der Waals surface area contributed by atoms with Crippen molar-refractivity contribution in [3.05, 3.63) is 83.4 Å². The molecule has 1 fully saturated rings. The number of amides is 2. The molecule has 0 saturated carbocycles. The number of ether oxygens (including phenoxy) is 3. The number of aliphatic hydroxyl groups excluding tert-OH is 1. The van der Waals surface area contributed by atoms with E-state index in [2.05, 4.69) is 10.6 Å². The highest BCUT2D eigenvalue weighted by molar-refractivity contribution is 5.99. The van der Waals surface area contributed by atoms with E-state index in [4.69, 9.17) is 14.2 Å². The molecule has 2 atom stereocenters. The Morgan fingerprint density at radius 1 is 0.976 bits per heavy atom. The van der Waals surface area contributed by atoms with Gasteiger partial charge in [0.2, 0.25) is 5.91 Å². The molecular formula is C32H39N3O6. The zero-order valence-corrected chi connectivity index (χ0v) is 23.9. The van der Waals surface area contributed by atoms with E-state index in [0.717, 1.165) is 17.5 Å². The van der Waals surface area contributed by atoms with Crippen LogP contribution < -0.4 is 29.7 Å². The zero-order valence-electron chi connectivity index (χ0n) is 23.9. The van der Waals surface area contributed by atoms with E-state index in [1.54, 1.807) is 43.4 Å². The summed E-state index contributed by atoms with van der Waals surface area (Å²) in [5, 5.41) is 17.6. The first kappa shape index (κ1) is 29.9. The lowest BCUT2D eigenvalue weighted by atomic mass is 10.00. The molecule has 218 valence electrons. The Bertz CT molecular complexity index is 1290. The van der Waals surface area contributed by atoms with Crippen molar-refractivity contribution in [3.8, 4) is 17.2 Å². The zero-order chi connectivity index (χ0) is 29.2. The van der Waals surface area contributed by atoms with Crippen LogP contribution in [-0.2, 0) is 17.8 Å². The molecule has 9 nitrogen and oxygen atoms in total. The van der Waals surface area contributed by atoms with Crippen LogP contribution in [0.25, 0.3) is 0 Å². The fourth-order valence-corrected chi connectivity index (χ4v) is 4.92. The lowest BCUT2D eigenvalue weighted by Gasteiger charge is -2.25. The Kier molecular flexibility index (Phi) is 10.6. The van der Waals surface area contributed by atoms with E-state index in [9.17, 15) is 14.7 Å². The highest BCUT2D eigenvalue weighted by Gasteiger charge is 2.26. The number of nitrogens with one attached hydrogen (secondary N) is 2. The van der Waals surface area contributed by atoms with Crippen molar-refractivity contribution in [2.24, 2.45) is 0 Å². The highest BCUT2D eigenvalue weighted by Crippen LogP contribution is 2.28. The van der Waals surface area contributed by atoms with Gasteiger partial charge < -0.3 is 34.9 Å². The van der Waals surface area contributed by atoms with Gasteiger partial charge in [-0.15, -0.1) is 0 Å². The summed E-state index contributed by atoms with van der Waals surface area (Å²) in [6.07, 6.45) is 0.813. The smallest absolute Gasteiger partial charge is 0.251 e. The van der Waals surface area contributed by atoms with E-state index in [-0.39, 0.29) is 18.4 Å². The molecule has 9 heteroatoms. The van der Waals surface area contributed by atoms with Crippen LogP contribution in [0.4, 0.5) is 5.69 Å². The molecule has 3 aromatic rings. The first-order chi connectivity index (χ1) is 19.9. The fraction of sp³-hybridized carbons (Fsp3) is 0.375. The molecule has 1 aliphatic heterocycles. The topological polar surface area (TPSA) is 109 Å². The van der Waals surface area contributed by atoms with Gasteiger partial charge in [0.25, 0.3) is 5.91 Å². The van der Waals surface area contributed by atoms with Crippen LogP contribution in [0.5, 0.6) is 17.2 Å². The number of methoxy groups -OCH3 is 2. The second kappa shape index (κ2) is 14.5. The molecule has 41 heavy (non-hydrogen) atoms. The molecule has 0 spiro atoms. The van der Waals surface area contributed by atoms with Crippen molar-refractivity contribution in [2.75, 3.05) is 38.8 Å². The molecule has 0 aliphatic carbocycles. The summed E-state index contributed by atoms with van der Waals surface area (Å²) in [7, 11) is 3.20. The number of rotatable bonds is 14. The average molecular weight is 562 g/mol. The summed E-state index contributed by atoms with van der Waals surface area (Å²) >= 11 is 0. The molecular weight excluding hydrogens is 522 g/mol. The first-order valence-corrected chi connectivity index (χ1v) is 13.9. The van der Waals surface area contributed by atoms with Crippen LogP contribution in [0.2, 0.25) is 0 Å². The van der Waals surface area contributed by atoms with Gasteiger partial charge in [-0.1, -0.05) is 30.3 Å². The number of benzene rings is 3. The van der Waals surface area contributed by atoms with Gasteiger partial charge in [0.05, 0.1) is 33.0 Å². The van der Waals surface area contributed by atoms with Crippen LogP contribution in [0, 0.1) is 0 Å². The second-order valence-electron chi connectivity index (χ2n) is 9.99. The fourth-order valence-electron chi connectivity index (χ4n) is 4.92. The Labute approximate surface area is 241 Å². The Balaban J connectivity index is 1.50. The first-order valence-electron chi connectivity index (χ1n) is 13.9. The maximum absolute atomic E-state index is 13.6. The van der Waals surface area contributed by atoms with Gasteiger partial charge in [-0.2, -0.15) is 0 Å². The van der Waals surface area contributed by atoms with Crippen molar-refractivity contribution in [1.29, 1.82) is 0 Å². The van der Waals surface area contributed by atoms with Crippen LogP contribution in [0.3, 0.4) is 0 Å². The third kappa shape index (κ3) is 8.22. The van der Waals surface area contributed by atoms with Crippen LogP contribution >= 0.6 is 0 Å². The molecule has 3 aromatic carbocycles. The molecule has 3 N–H and O–H groups in total. The standard InChI is InChI=1S/C32H39N3O6/c1-4-41-28-17-24(16-25(18-28)35-12-8-11-31(35)37)32(38)34-29(15-22-9-6-5-7-10-22)30(36)21-33-20-23-13-26(39-2)19-27(14-23)40-3/h5-7,9-10,13-14,16-19,29-30,33,36H,4,8,11-12,15,20-21H2,1-3H3,(H,34,38)/t29-,30-/m0/s1. The third-order valence-electron chi connectivity index (χ3n) is 7.02. The highest BCUT2D eigenvalue weighted by atomic mass is 16.5. The Morgan fingerprint density at radius 3 is 2.34 bits per heavy atom. The molecule has 1 saturated heterocycles. The van der Waals surface area contributed by atoms with Gasteiger partial charge in [-0.25, -0.2) is 0 Å². The lowest BCUT2D eigenvalue weighted by Crippen LogP contribution is -2.48. The SMILES string of the molecule is CCOc1cc(C(=O)N[C@@H](Cc2ccccc2)[C@@H](O)CNCc2cc(OC)cc(OC)c2)cc(N2CCCC2=O)c1. The minimum absolute atomic E-state index is 0.0297. The summed E-state index contributed by atoms with van der Waals surface area (Å²) in [4.78, 5) is 27.6. The van der Waals surface area contributed by atoms with Crippen molar-refractivity contribution < 1.29 is 28.9 Å². The Hall–Kier alpha value is -4.08. The lowest BCUT2D eigenvalue weighted by molar-refractivity contribution is -0.117. The van der Waals surface area contributed by atoms with Gasteiger partial charge in [0.15, 0.2) is 0 Å². The molecule has 4 rings (SSSR count). The van der Waals surface area contributed by atoms with Crippen molar-refractivity contribution >= 4 is 17.5 Å². The largest absolute Gasteiger partial charge is 0.497 e. The van der Waals surface area contributed by atoms with E-state index < -0.39 is 12.1 Å². The quantitative estimate of drug-likeness (QED) is 0.275. The summed E-state index contributed by atoms with van der Waals surface area (Å²) in [5.41, 5.74) is 2.93. The Morgan fingerprint density at radius 2 is 1.71 bits per heavy atom. The molecule has 0 aromatic heterocycles. The van der Waals surface area contributed by atoms with Crippen LogP contribution in [0.1, 0.15) is 41.3 Å². The average Bonchev–Trinajstić information content (AvgIpc) is 3.42. The summed E-state index contributed by atoms with van der Waals surface area (Å²) in [6.45, 7) is 3.62. The summed E-state index contributed by atoms with van der Waals surface area (Å²) < 4.78 is 16.4. The predicted octanol–water partition coefficient (Wildman–Crippen LogP) is 3.72. The van der Waals surface area contributed by atoms with Crippen LogP contribution in [-0.4, -0.2) is 63.0 Å². The molecule has 2 amide bonds. The maximum Gasteiger partial charge on any atom is 0.251 e. The van der Waals surface area contributed by atoms with Crippen molar-refractivity contribution in [2.45, 2.75) is 44.9 Å². The van der Waals surface area contributed by atoms with Crippen molar-refractivity contribution in [3.63, 3.8) is 0 Å². The van der Waals surface area contributed by atoms with Gasteiger partial charge in [0, 0.05) is 49.4 Å². The molecule has 0 radical (unpaired) electrons. The molecule has 0 unspecified atom stereocenters. The van der Waals surface area contributed by atoms with Gasteiger partial charge in [-0.3, -0.25) is 9.59 Å². The van der Waals surface area contributed by atoms with Gasteiger partial charge in [-0.05, 0) is 55.2 Å². The molecule has 1 heterocycles. The maximum atomic E-state index is 13.6. The van der Waals surface area contributed by atoms with Crippen LogP contribution in [0.15, 0.2) is 66.7 Å². The summed E-state index contributed by atoms with van der Waals surface area (Å²) in [5.74, 6) is 1.56. The van der Waals surface area contributed by atoms with E-state index in [1.807, 2.05) is 49.4 Å². The number of aliphatic hydroxyl groups is 1. The molecule has 1 aliphatic rings. The number of anilines is 1. The number of hydrogen-bond acceptors (Lipinski definition) is 7. The molecule has 0 bridgehead atoms. The number of carbonyl (C=O) groups is 2. The van der Waals surface area contributed by atoms with Gasteiger partial charge >= 0.3 is 0 Å². The van der Waals surface area contributed by atoms with E-state index >= 15 is 0 Å². The minimum atomic E-state index is -0.888. The second-order valence-corrected chi connectivity index (χ2v) is 9.99. The van der Waals surface area contributed by atoms with Crippen molar-refractivity contribution in [1.82, 2.24) is 10.6 Å². The predicted molar refractivity (Wildman–Crippen MR) is 158 cm³/mol. The number of carbonyl (C=O) groups excluding carboxylic acids is 2. The van der Waals surface area contributed by atoms with E-state index in [1.165, 1.54) is 0 Å². The number of nitrogens with zero attached hydrogens (tertiary/aromatic N) is 1. The normalized spacial score (nSPS) is 14.4. The monoisotopic (exact) mass is 561 g/mol.